The number of fused-ring (bicyclic) bond motifs is 1. The van der Waals surface area contributed by atoms with Gasteiger partial charge in [-0.15, -0.1) is 0 Å². The Morgan fingerprint density at radius 2 is 1.76 bits per heavy atom. The molecule has 2 unspecified atom stereocenters. The molecule has 0 fully saturated rings. The highest BCUT2D eigenvalue weighted by molar-refractivity contribution is 7.93. The zero-order valence-corrected chi connectivity index (χ0v) is 24.5. The fourth-order valence-electron chi connectivity index (χ4n) is 4.65. The largest absolute Gasteiger partial charge is 0.534 e. The van der Waals surface area contributed by atoms with Gasteiger partial charge in [0.25, 0.3) is 0 Å². The molecule has 0 N–H and O–H groups in total. The Morgan fingerprint density at radius 1 is 1.13 bits per heavy atom. The minimum Gasteiger partial charge on any atom is -0.375 e. The highest BCUT2D eigenvalue weighted by Crippen LogP contribution is 2.50. The molecule has 0 aliphatic carbocycles. The number of anilines is 3. The number of halogens is 3. The molecule has 2 aromatic carbocycles. The first-order chi connectivity index (χ1) is 17.6. The fraction of sp³-hybridized carbons (Fsp3) is 0.500. The van der Waals surface area contributed by atoms with E-state index in [-0.39, 0.29) is 25.0 Å². The Morgan fingerprint density at radius 3 is 2.26 bits per heavy atom. The van der Waals surface area contributed by atoms with Crippen molar-refractivity contribution in [3.8, 4) is 5.75 Å². The summed E-state index contributed by atoms with van der Waals surface area (Å²) in [6.45, 7) is 5.98. The van der Waals surface area contributed by atoms with Crippen LogP contribution in [0.1, 0.15) is 39.5 Å². The molecule has 14 heteroatoms. The van der Waals surface area contributed by atoms with Crippen molar-refractivity contribution in [2.24, 2.45) is 0 Å². The van der Waals surface area contributed by atoms with Crippen molar-refractivity contribution in [2.45, 2.75) is 55.5 Å². The molecule has 2 atom stereocenters. The molecule has 8 nitrogen and oxygen atoms in total. The van der Waals surface area contributed by atoms with Gasteiger partial charge in [-0.05, 0) is 46.4 Å². The van der Waals surface area contributed by atoms with Crippen molar-refractivity contribution >= 4 is 45.9 Å². The number of rotatable bonds is 9. The summed E-state index contributed by atoms with van der Waals surface area (Å²) in [5, 5.41) is 0. The normalized spacial score (nSPS) is 20.4. The first-order valence-electron chi connectivity index (χ1n) is 12.1. The number of unbranched alkanes of at least 4 members (excludes halogenated alkanes) is 1. The third-order valence-electron chi connectivity index (χ3n) is 6.62. The number of sulfonamides is 1. The second kappa shape index (κ2) is 11.2. The van der Waals surface area contributed by atoms with Crippen LogP contribution in [0.4, 0.5) is 30.2 Å². The maximum atomic E-state index is 14.2. The van der Waals surface area contributed by atoms with Crippen LogP contribution >= 0.6 is 8.73 Å². The van der Waals surface area contributed by atoms with Crippen molar-refractivity contribution in [3.63, 3.8) is 0 Å². The van der Waals surface area contributed by atoms with Gasteiger partial charge in [-0.2, -0.15) is 25.7 Å². The average Bonchev–Trinajstić information content (AvgIpc) is 2.92. The Hall–Kier alpha value is -2.08. The quantitative estimate of drug-likeness (QED) is 0.209. The lowest BCUT2D eigenvalue weighted by molar-refractivity contribution is -0.0499. The van der Waals surface area contributed by atoms with E-state index in [1.807, 2.05) is 49.1 Å². The lowest BCUT2D eigenvalue weighted by Crippen LogP contribution is -2.51. The van der Waals surface area contributed by atoms with E-state index in [1.54, 1.807) is 6.66 Å². The molecule has 38 heavy (non-hydrogen) atoms. The van der Waals surface area contributed by atoms with Gasteiger partial charge in [0.2, 0.25) is 10.0 Å². The Labute approximate surface area is 224 Å². The van der Waals surface area contributed by atoms with Crippen LogP contribution < -0.4 is 14.0 Å². The van der Waals surface area contributed by atoms with Crippen LogP contribution in [0, 0.1) is 0 Å². The van der Waals surface area contributed by atoms with Crippen molar-refractivity contribution in [1.82, 2.24) is 4.08 Å². The molecule has 3 rings (SSSR count). The van der Waals surface area contributed by atoms with Gasteiger partial charge < -0.3 is 14.0 Å². The third kappa shape index (κ3) is 5.61. The summed E-state index contributed by atoms with van der Waals surface area (Å²) in [5.41, 5.74) is -5.59. The van der Waals surface area contributed by atoms with Gasteiger partial charge in [-0.1, -0.05) is 44.9 Å². The van der Waals surface area contributed by atoms with Crippen LogP contribution in [0.25, 0.3) is 0 Å². The molecule has 1 aliphatic rings. The zero-order valence-electron chi connectivity index (χ0n) is 21.9. The molecular formula is C24H33F3N3O5PS2. The van der Waals surface area contributed by atoms with E-state index >= 15 is 0 Å². The van der Waals surface area contributed by atoms with E-state index in [0.29, 0.717) is 25.1 Å². The molecule has 1 heterocycles. The molecule has 0 radical (unpaired) electrons. The first kappa shape index (κ1) is 30.5. The number of alkyl halides is 3. The fourth-order valence-corrected chi connectivity index (χ4v) is 8.86. The minimum atomic E-state index is -6.05. The van der Waals surface area contributed by atoms with E-state index in [2.05, 4.69) is 4.18 Å². The van der Waals surface area contributed by atoms with Crippen LogP contribution in [0.5, 0.6) is 5.75 Å². The zero-order chi connectivity index (χ0) is 28.5. The second-order valence-electron chi connectivity index (χ2n) is 9.26. The first-order valence-corrected chi connectivity index (χ1v) is 16.4. The maximum Gasteiger partial charge on any atom is 0.534 e. The van der Waals surface area contributed by atoms with Gasteiger partial charge in [0, 0.05) is 32.4 Å². The van der Waals surface area contributed by atoms with Crippen molar-refractivity contribution in [2.75, 3.05) is 37.1 Å². The molecule has 0 saturated heterocycles. The Bertz CT molecular complexity index is 1360. The predicted octanol–water partition coefficient (Wildman–Crippen LogP) is 5.69. The van der Waals surface area contributed by atoms with Crippen LogP contribution in [0.2, 0.25) is 0 Å². The van der Waals surface area contributed by atoms with Crippen molar-refractivity contribution < 1.29 is 34.2 Å². The summed E-state index contributed by atoms with van der Waals surface area (Å²) in [6, 6.07) is 11.4. The minimum absolute atomic E-state index is 0.0178. The second-order valence-corrected chi connectivity index (χ2v) is 13.8. The van der Waals surface area contributed by atoms with Crippen LogP contribution in [-0.2, 0) is 20.1 Å². The van der Waals surface area contributed by atoms with Crippen molar-refractivity contribution in [1.29, 1.82) is 0 Å². The average molecular weight is 596 g/mol. The summed E-state index contributed by atoms with van der Waals surface area (Å²) in [4.78, 5) is 2.91. The topological polar surface area (TPSA) is 87.2 Å². The molecule has 0 saturated carbocycles. The van der Waals surface area contributed by atoms with Crippen LogP contribution in [0.3, 0.4) is 0 Å². The molecule has 0 amide bonds. The van der Waals surface area contributed by atoms with E-state index in [9.17, 15) is 30.0 Å². The highest BCUT2D eigenvalue weighted by atomic mass is 32.2. The number of para-hydroxylation sites is 1. The number of hydrogen-bond acceptors (Lipinski definition) is 7. The molecule has 0 aromatic heterocycles. The predicted molar refractivity (Wildman–Crippen MR) is 146 cm³/mol. The smallest absolute Gasteiger partial charge is 0.375 e. The van der Waals surface area contributed by atoms with Gasteiger partial charge in [0.05, 0.1) is 16.9 Å². The number of nitrogens with zero attached hydrogens (tertiary/aromatic N) is 3. The van der Waals surface area contributed by atoms with Gasteiger partial charge >= 0.3 is 15.6 Å². The van der Waals surface area contributed by atoms with E-state index < -0.39 is 36.9 Å². The molecule has 0 spiro atoms. The monoisotopic (exact) mass is 595 g/mol. The van der Waals surface area contributed by atoms with Gasteiger partial charge in [0.1, 0.15) is 4.90 Å². The third-order valence-corrected chi connectivity index (χ3v) is 11.5. The Kier molecular flexibility index (Phi) is 8.97. The van der Waals surface area contributed by atoms with E-state index in [4.69, 9.17) is 0 Å². The van der Waals surface area contributed by atoms with E-state index in [0.717, 1.165) is 18.9 Å². The summed E-state index contributed by atoms with van der Waals surface area (Å²) in [6.07, 6.45) is 2.68. The molecule has 2 aromatic rings. The molecular weight excluding hydrogens is 562 g/mol. The number of hydrogen-bond donors (Lipinski definition) is 0. The van der Waals surface area contributed by atoms with Crippen LogP contribution in [0.15, 0.2) is 47.4 Å². The van der Waals surface area contributed by atoms with E-state index in [1.165, 1.54) is 29.1 Å². The SMILES string of the molecule is CCCCC1(CC)CN(c2ccccc2)c2cc(N(C)C)c(OS(=O)(=O)C(F)(F)F)cc2S(=O)(=O)N1PC. The standard InChI is InChI=1S/C24H33F3N3O5PS2/c1-6-8-14-23(7-2)17-29(18-12-10-9-11-13-18)20-15-19(28(3)4)21(35-38(33,34)24(25,26)27)16-22(20)37(31,32)30(23)36-5/h9-13,15-16,36H,6-8,14,17H2,1-5H3. The lowest BCUT2D eigenvalue weighted by atomic mass is 9.89. The lowest BCUT2D eigenvalue weighted by Gasteiger charge is -2.42. The van der Waals surface area contributed by atoms with Gasteiger partial charge in [-0.25, -0.2) is 8.42 Å². The summed E-state index contributed by atoms with van der Waals surface area (Å²) in [7, 11) is -7.51. The number of benzene rings is 2. The van der Waals surface area contributed by atoms with Gasteiger partial charge in [-0.3, -0.25) is 0 Å². The molecule has 212 valence electrons. The Balaban J connectivity index is 2.41. The summed E-state index contributed by atoms with van der Waals surface area (Å²) < 4.78 is 97.9. The summed E-state index contributed by atoms with van der Waals surface area (Å²) >= 11 is 0. The van der Waals surface area contributed by atoms with Crippen molar-refractivity contribution in [3.05, 3.63) is 42.5 Å². The van der Waals surface area contributed by atoms with Gasteiger partial charge in [0.15, 0.2) is 5.75 Å². The molecule has 1 aliphatic heterocycles. The maximum absolute atomic E-state index is 14.2. The molecule has 0 bridgehead atoms. The highest BCUT2D eigenvalue weighted by Gasteiger charge is 2.50. The van der Waals surface area contributed by atoms with Crippen LogP contribution in [-0.4, -0.2) is 59.3 Å². The summed E-state index contributed by atoms with van der Waals surface area (Å²) in [5.74, 6) is -0.723.